The molecule has 0 fully saturated rings. The van der Waals surface area contributed by atoms with Gasteiger partial charge in [-0.3, -0.25) is 14.4 Å². The van der Waals surface area contributed by atoms with Crippen LogP contribution in [0.3, 0.4) is 0 Å². The molecule has 0 unspecified atom stereocenters. The summed E-state index contributed by atoms with van der Waals surface area (Å²) in [5, 5.41) is 6.25. The van der Waals surface area contributed by atoms with Crippen LogP contribution in [0.5, 0.6) is 0 Å². The smallest absolute Gasteiger partial charge is 0.325 e. The largest absolute Gasteiger partial charge is 0.465 e. The van der Waals surface area contributed by atoms with Gasteiger partial charge in [0.1, 0.15) is 11.5 Å². The molecule has 27 heavy (non-hydrogen) atoms. The Balaban J connectivity index is 1.90. The fourth-order valence-electron chi connectivity index (χ4n) is 2.45. The minimum atomic E-state index is -0.516. The molecular formula is C18H16ClN3O4S. The molecule has 0 aliphatic carbocycles. The predicted octanol–water partition coefficient (Wildman–Crippen LogP) is 3.30. The molecule has 2 heterocycles. The molecule has 0 atom stereocenters. The van der Waals surface area contributed by atoms with Crippen molar-refractivity contribution in [2.45, 2.75) is 6.92 Å². The minimum Gasteiger partial charge on any atom is -0.465 e. The Kier molecular flexibility index (Phi) is 5.78. The van der Waals surface area contributed by atoms with Gasteiger partial charge in [0, 0.05) is 12.3 Å². The number of hydrogen-bond acceptors (Lipinski definition) is 6. The van der Waals surface area contributed by atoms with Gasteiger partial charge in [0.05, 0.1) is 27.9 Å². The van der Waals surface area contributed by atoms with Gasteiger partial charge in [-0.05, 0) is 25.1 Å². The van der Waals surface area contributed by atoms with Gasteiger partial charge in [-0.25, -0.2) is 0 Å². The summed E-state index contributed by atoms with van der Waals surface area (Å²) in [5.74, 6) is -1.26. The van der Waals surface area contributed by atoms with Crippen LogP contribution < -0.4 is 15.5 Å². The number of ether oxygens (including phenoxy) is 1. The molecule has 140 valence electrons. The number of anilines is 3. The lowest BCUT2D eigenvalue weighted by Gasteiger charge is -2.20. The summed E-state index contributed by atoms with van der Waals surface area (Å²) in [4.78, 5) is 37.8. The predicted molar refractivity (Wildman–Crippen MR) is 105 cm³/mol. The van der Waals surface area contributed by atoms with Crippen molar-refractivity contribution in [2.24, 2.45) is 0 Å². The number of carbonyl (C=O) groups excluding carboxylic acids is 3. The van der Waals surface area contributed by atoms with E-state index in [-0.39, 0.29) is 19.1 Å². The molecule has 7 nitrogen and oxygen atoms in total. The first-order valence-corrected chi connectivity index (χ1v) is 9.29. The van der Waals surface area contributed by atoms with Gasteiger partial charge >= 0.3 is 5.97 Å². The number of fused-ring (bicyclic) bond motifs is 1. The number of benzene rings is 1. The number of esters is 1. The maximum Gasteiger partial charge on any atom is 0.325 e. The molecule has 0 radical (unpaired) electrons. The number of halogens is 1. The van der Waals surface area contributed by atoms with Crippen molar-refractivity contribution in [3.8, 4) is 0 Å². The van der Waals surface area contributed by atoms with Crippen molar-refractivity contribution in [3.05, 3.63) is 52.5 Å². The average Bonchev–Trinajstić information content (AvgIpc) is 2.98. The van der Waals surface area contributed by atoms with Crippen LogP contribution in [0, 0.1) is 0 Å². The molecule has 1 aromatic heterocycles. The first-order chi connectivity index (χ1) is 13.0. The molecule has 9 heteroatoms. The van der Waals surface area contributed by atoms with Gasteiger partial charge < -0.3 is 20.3 Å². The highest BCUT2D eigenvalue weighted by molar-refractivity contribution is 7.18. The van der Waals surface area contributed by atoms with Gasteiger partial charge in [0.25, 0.3) is 11.8 Å². The van der Waals surface area contributed by atoms with E-state index in [0.717, 1.165) is 11.3 Å². The second-order valence-electron chi connectivity index (χ2n) is 5.44. The molecule has 3 rings (SSSR count). The zero-order valence-electron chi connectivity index (χ0n) is 14.3. The normalized spacial score (nSPS) is 12.8. The summed E-state index contributed by atoms with van der Waals surface area (Å²) >= 11 is 7.40. The van der Waals surface area contributed by atoms with Crippen molar-refractivity contribution in [2.75, 3.05) is 23.4 Å². The van der Waals surface area contributed by atoms with E-state index in [4.69, 9.17) is 16.3 Å². The Morgan fingerprint density at radius 1 is 1.30 bits per heavy atom. The van der Waals surface area contributed by atoms with E-state index in [2.05, 4.69) is 10.6 Å². The fraction of sp³-hybridized carbons (Fsp3) is 0.167. The van der Waals surface area contributed by atoms with Gasteiger partial charge in [0.15, 0.2) is 0 Å². The van der Waals surface area contributed by atoms with Crippen LogP contribution in [0.15, 0.2) is 42.6 Å². The fourth-order valence-corrected chi connectivity index (χ4v) is 3.64. The molecule has 0 spiro atoms. The molecule has 0 saturated carbocycles. The average molecular weight is 406 g/mol. The van der Waals surface area contributed by atoms with E-state index >= 15 is 0 Å². The second-order valence-corrected chi connectivity index (χ2v) is 6.90. The zero-order chi connectivity index (χ0) is 19.4. The number of hydrogen-bond donors (Lipinski definition) is 2. The van der Waals surface area contributed by atoms with Gasteiger partial charge in [-0.2, -0.15) is 0 Å². The Labute approximate surface area is 164 Å². The van der Waals surface area contributed by atoms with Gasteiger partial charge in [-0.1, -0.05) is 23.7 Å². The number of nitrogens with zero attached hydrogens (tertiary/aromatic N) is 1. The SMILES string of the molecule is CCOC(=O)CNC(=O)c1cc2c(s1)NC(=O)C=CN2c1ccccc1Cl. The van der Waals surface area contributed by atoms with Crippen molar-refractivity contribution in [3.63, 3.8) is 0 Å². The molecule has 2 aromatic rings. The summed E-state index contributed by atoms with van der Waals surface area (Å²) in [6.45, 7) is 1.71. The van der Waals surface area contributed by atoms with E-state index in [1.807, 2.05) is 12.1 Å². The van der Waals surface area contributed by atoms with Crippen LogP contribution in [-0.2, 0) is 14.3 Å². The number of rotatable bonds is 5. The third-order valence-electron chi connectivity index (χ3n) is 3.62. The molecular weight excluding hydrogens is 390 g/mol. The van der Waals surface area contributed by atoms with Crippen LogP contribution in [0.25, 0.3) is 0 Å². The van der Waals surface area contributed by atoms with E-state index in [1.165, 1.54) is 6.08 Å². The quantitative estimate of drug-likeness (QED) is 0.745. The first kappa shape index (κ1) is 18.9. The van der Waals surface area contributed by atoms with Crippen molar-refractivity contribution < 1.29 is 19.1 Å². The number of nitrogens with one attached hydrogen (secondary N) is 2. The van der Waals surface area contributed by atoms with Crippen LogP contribution in [-0.4, -0.2) is 30.9 Å². The zero-order valence-corrected chi connectivity index (χ0v) is 15.9. The highest BCUT2D eigenvalue weighted by Gasteiger charge is 2.23. The maximum absolute atomic E-state index is 12.4. The van der Waals surface area contributed by atoms with Crippen molar-refractivity contribution in [1.82, 2.24) is 5.32 Å². The number of amides is 2. The van der Waals surface area contributed by atoms with E-state index < -0.39 is 11.9 Å². The molecule has 1 aromatic carbocycles. The second kappa shape index (κ2) is 8.24. The summed E-state index contributed by atoms with van der Waals surface area (Å²) in [7, 11) is 0. The first-order valence-electron chi connectivity index (χ1n) is 8.10. The van der Waals surface area contributed by atoms with Gasteiger partial charge in [-0.15, -0.1) is 11.3 Å². The third-order valence-corrected chi connectivity index (χ3v) is 4.98. The van der Waals surface area contributed by atoms with Crippen LogP contribution in [0.4, 0.5) is 16.4 Å². The topological polar surface area (TPSA) is 87.7 Å². The Bertz CT molecular complexity index is 925. The van der Waals surface area contributed by atoms with Crippen LogP contribution in [0.2, 0.25) is 5.02 Å². The van der Waals surface area contributed by atoms with Crippen LogP contribution in [0.1, 0.15) is 16.6 Å². The molecule has 0 saturated heterocycles. The number of thiophene rings is 1. The van der Waals surface area contributed by atoms with E-state index in [9.17, 15) is 14.4 Å². The monoisotopic (exact) mass is 405 g/mol. The summed E-state index contributed by atoms with van der Waals surface area (Å²) in [6, 6.07) is 8.82. The van der Waals surface area contributed by atoms with Crippen LogP contribution >= 0.6 is 22.9 Å². The molecule has 2 amide bonds. The Hall–Kier alpha value is -2.84. The van der Waals surface area contributed by atoms with Crippen molar-refractivity contribution >= 4 is 57.1 Å². The molecule has 2 N–H and O–H groups in total. The maximum atomic E-state index is 12.4. The Morgan fingerprint density at radius 2 is 2.07 bits per heavy atom. The highest BCUT2D eigenvalue weighted by atomic mass is 35.5. The summed E-state index contributed by atoms with van der Waals surface area (Å²) in [5.41, 5.74) is 1.28. The van der Waals surface area contributed by atoms with Gasteiger partial charge in [0.2, 0.25) is 0 Å². The lowest BCUT2D eigenvalue weighted by atomic mass is 10.2. The third kappa shape index (κ3) is 4.29. The Morgan fingerprint density at radius 3 is 2.81 bits per heavy atom. The number of para-hydroxylation sites is 1. The summed E-state index contributed by atoms with van der Waals surface area (Å²) < 4.78 is 4.79. The minimum absolute atomic E-state index is 0.226. The lowest BCUT2D eigenvalue weighted by molar-refractivity contribution is -0.141. The number of carbonyl (C=O) groups is 3. The molecule has 1 aliphatic heterocycles. The van der Waals surface area contributed by atoms with E-state index in [0.29, 0.717) is 26.3 Å². The van der Waals surface area contributed by atoms with Crippen molar-refractivity contribution in [1.29, 1.82) is 0 Å². The summed E-state index contributed by atoms with van der Waals surface area (Å²) in [6.07, 6.45) is 2.98. The highest BCUT2D eigenvalue weighted by Crippen LogP contribution is 2.42. The lowest BCUT2D eigenvalue weighted by Crippen LogP contribution is -2.30. The van der Waals surface area contributed by atoms with E-state index in [1.54, 1.807) is 36.2 Å². The standard InChI is InChI=1S/C18H16ClN3O4S/c1-2-26-16(24)10-20-17(25)14-9-13-18(27-14)21-15(23)7-8-22(13)12-6-4-3-5-11(12)19/h3-9H,2,10H2,1H3,(H,20,25)(H,21,23). The molecule has 0 bridgehead atoms. The molecule has 1 aliphatic rings.